The lowest BCUT2D eigenvalue weighted by atomic mass is 10.0. The lowest BCUT2D eigenvalue weighted by Crippen LogP contribution is -2.05. The Morgan fingerprint density at radius 1 is 1.18 bits per heavy atom. The Morgan fingerprint density at radius 3 is 2.59 bits per heavy atom. The molecular formula is C14H12FNO. The Bertz CT molecular complexity index is 578. The average molecular weight is 229 g/mol. The van der Waals surface area contributed by atoms with Crippen LogP contribution in [0, 0.1) is 19.7 Å². The number of ketones is 1. The molecule has 86 valence electrons. The van der Waals surface area contributed by atoms with Crippen LogP contribution in [0.3, 0.4) is 0 Å². The molecule has 0 fully saturated rings. The van der Waals surface area contributed by atoms with E-state index >= 15 is 0 Å². The van der Waals surface area contributed by atoms with Crippen molar-refractivity contribution in [2.24, 2.45) is 0 Å². The fourth-order valence-electron chi connectivity index (χ4n) is 1.60. The lowest BCUT2D eigenvalue weighted by molar-refractivity contribution is 0.103. The maximum Gasteiger partial charge on any atom is 0.211 e. The summed E-state index contributed by atoms with van der Waals surface area (Å²) in [5, 5.41) is 0. The normalized spacial score (nSPS) is 10.3. The van der Waals surface area contributed by atoms with Gasteiger partial charge in [0.25, 0.3) is 0 Å². The number of hydrogen-bond acceptors (Lipinski definition) is 2. The molecule has 0 aliphatic carbocycles. The number of nitrogens with zero attached hydrogens (tertiary/aromatic N) is 1. The van der Waals surface area contributed by atoms with Crippen molar-refractivity contribution in [3.05, 3.63) is 64.7 Å². The monoisotopic (exact) mass is 229 g/mol. The minimum absolute atomic E-state index is 0.184. The number of benzene rings is 1. The standard InChI is InChI=1S/C14H12FNO/c1-9-8-11(6-7-12(9)15)14(17)13-5-3-4-10(2)16-13/h3-8H,1-2H3. The molecule has 2 nitrogen and oxygen atoms in total. The van der Waals surface area contributed by atoms with Crippen molar-refractivity contribution in [2.45, 2.75) is 13.8 Å². The highest BCUT2D eigenvalue weighted by molar-refractivity contribution is 6.07. The summed E-state index contributed by atoms with van der Waals surface area (Å²) >= 11 is 0. The van der Waals surface area contributed by atoms with Gasteiger partial charge in [-0.1, -0.05) is 6.07 Å². The van der Waals surface area contributed by atoms with Crippen molar-refractivity contribution in [1.82, 2.24) is 4.98 Å². The first-order valence-electron chi connectivity index (χ1n) is 5.32. The molecule has 0 N–H and O–H groups in total. The highest BCUT2D eigenvalue weighted by Crippen LogP contribution is 2.13. The number of rotatable bonds is 2. The molecular weight excluding hydrogens is 217 g/mol. The third-order valence-corrected chi connectivity index (χ3v) is 2.54. The molecule has 1 heterocycles. The van der Waals surface area contributed by atoms with Gasteiger partial charge in [-0.3, -0.25) is 4.79 Å². The maximum atomic E-state index is 13.1. The molecule has 0 aliphatic heterocycles. The van der Waals surface area contributed by atoms with E-state index in [0.29, 0.717) is 16.8 Å². The quantitative estimate of drug-likeness (QED) is 0.741. The van der Waals surface area contributed by atoms with Gasteiger partial charge in [0, 0.05) is 11.3 Å². The first-order chi connectivity index (χ1) is 8.08. The Kier molecular flexibility index (Phi) is 3.00. The molecule has 2 aromatic rings. The first-order valence-corrected chi connectivity index (χ1v) is 5.32. The SMILES string of the molecule is Cc1cccc(C(=O)c2ccc(F)c(C)c2)n1. The molecule has 2 rings (SSSR count). The van der Waals surface area contributed by atoms with E-state index in [9.17, 15) is 9.18 Å². The predicted octanol–water partition coefficient (Wildman–Crippen LogP) is 3.07. The van der Waals surface area contributed by atoms with Crippen LogP contribution < -0.4 is 0 Å². The third kappa shape index (κ3) is 2.38. The minimum Gasteiger partial charge on any atom is -0.287 e. The topological polar surface area (TPSA) is 30.0 Å². The zero-order chi connectivity index (χ0) is 12.4. The molecule has 17 heavy (non-hydrogen) atoms. The van der Waals surface area contributed by atoms with Crippen LogP contribution in [0.25, 0.3) is 0 Å². The van der Waals surface area contributed by atoms with E-state index in [0.717, 1.165) is 5.69 Å². The van der Waals surface area contributed by atoms with Crippen molar-refractivity contribution in [3.63, 3.8) is 0 Å². The predicted molar refractivity (Wildman–Crippen MR) is 63.5 cm³/mol. The second-order valence-electron chi connectivity index (χ2n) is 3.96. The van der Waals surface area contributed by atoms with E-state index in [4.69, 9.17) is 0 Å². The average Bonchev–Trinajstić information content (AvgIpc) is 2.32. The Balaban J connectivity index is 2.40. The minimum atomic E-state index is -0.307. The zero-order valence-electron chi connectivity index (χ0n) is 9.70. The van der Waals surface area contributed by atoms with Gasteiger partial charge in [-0.25, -0.2) is 9.37 Å². The van der Waals surface area contributed by atoms with Gasteiger partial charge in [0.15, 0.2) is 0 Å². The smallest absolute Gasteiger partial charge is 0.211 e. The second-order valence-corrected chi connectivity index (χ2v) is 3.96. The van der Waals surface area contributed by atoms with E-state index in [1.54, 1.807) is 25.1 Å². The molecule has 0 saturated heterocycles. The summed E-state index contributed by atoms with van der Waals surface area (Å²) in [4.78, 5) is 16.2. The van der Waals surface area contributed by atoms with Crippen LogP contribution in [0.2, 0.25) is 0 Å². The lowest BCUT2D eigenvalue weighted by Gasteiger charge is -2.03. The number of pyridine rings is 1. The van der Waals surface area contributed by atoms with Crippen molar-refractivity contribution in [2.75, 3.05) is 0 Å². The molecule has 0 unspecified atom stereocenters. The maximum absolute atomic E-state index is 13.1. The fourth-order valence-corrected chi connectivity index (χ4v) is 1.60. The van der Waals surface area contributed by atoms with Crippen LogP contribution in [0.5, 0.6) is 0 Å². The number of aromatic nitrogens is 1. The number of carbonyl (C=O) groups is 1. The van der Waals surface area contributed by atoms with Crippen LogP contribution >= 0.6 is 0 Å². The number of halogens is 1. The van der Waals surface area contributed by atoms with Crippen molar-refractivity contribution in [3.8, 4) is 0 Å². The summed E-state index contributed by atoms with van der Waals surface area (Å²) in [7, 11) is 0. The number of carbonyl (C=O) groups excluding carboxylic acids is 1. The van der Waals surface area contributed by atoms with Gasteiger partial charge in [-0.2, -0.15) is 0 Å². The molecule has 0 radical (unpaired) electrons. The van der Waals surface area contributed by atoms with Crippen molar-refractivity contribution in [1.29, 1.82) is 0 Å². The first kappa shape index (κ1) is 11.5. The largest absolute Gasteiger partial charge is 0.287 e. The van der Waals surface area contributed by atoms with Gasteiger partial charge < -0.3 is 0 Å². The molecule has 0 saturated carbocycles. The van der Waals surface area contributed by atoms with Gasteiger partial charge in [0.1, 0.15) is 11.5 Å². The summed E-state index contributed by atoms with van der Waals surface area (Å²) < 4.78 is 13.1. The Hall–Kier alpha value is -2.03. The highest BCUT2D eigenvalue weighted by atomic mass is 19.1. The summed E-state index contributed by atoms with van der Waals surface area (Å²) in [6, 6.07) is 9.60. The van der Waals surface area contributed by atoms with E-state index in [1.165, 1.54) is 12.1 Å². The second kappa shape index (κ2) is 4.45. The number of hydrogen-bond donors (Lipinski definition) is 0. The molecule has 1 aromatic carbocycles. The zero-order valence-corrected chi connectivity index (χ0v) is 9.70. The van der Waals surface area contributed by atoms with Crippen molar-refractivity contribution >= 4 is 5.78 Å². The van der Waals surface area contributed by atoms with Crippen molar-refractivity contribution < 1.29 is 9.18 Å². The Labute approximate surface area is 99.1 Å². The fraction of sp³-hybridized carbons (Fsp3) is 0.143. The molecule has 1 aromatic heterocycles. The molecule has 0 atom stereocenters. The van der Waals surface area contributed by atoms with Crippen LogP contribution in [0.15, 0.2) is 36.4 Å². The summed E-state index contributed by atoms with van der Waals surface area (Å²) in [6.07, 6.45) is 0. The van der Waals surface area contributed by atoms with Crippen LogP contribution in [0.4, 0.5) is 4.39 Å². The summed E-state index contributed by atoms with van der Waals surface area (Å²) in [5.41, 5.74) is 2.09. The van der Waals surface area contributed by atoms with Crippen LogP contribution in [0.1, 0.15) is 27.3 Å². The number of aryl methyl sites for hydroxylation is 2. The molecule has 0 aliphatic rings. The van der Waals surface area contributed by atoms with Gasteiger partial charge >= 0.3 is 0 Å². The molecule has 0 bridgehead atoms. The summed E-state index contributed by atoms with van der Waals surface area (Å²) in [5.74, 6) is -0.490. The van der Waals surface area contributed by atoms with Gasteiger partial charge in [-0.15, -0.1) is 0 Å². The summed E-state index contributed by atoms with van der Waals surface area (Å²) in [6.45, 7) is 3.46. The van der Waals surface area contributed by atoms with Crippen LogP contribution in [-0.2, 0) is 0 Å². The Morgan fingerprint density at radius 2 is 1.94 bits per heavy atom. The molecule has 0 amide bonds. The van der Waals surface area contributed by atoms with Gasteiger partial charge in [0.2, 0.25) is 5.78 Å². The highest BCUT2D eigenvalue weighted by Gasteiger charge is 2.11. The molecule has 0 spiro atoms. The third-order valence-electron chi connectivity index (χ3n) is 2.54. The molecule has 3 heteroatoms. The van der Waals surface area contributed by atoms with E-state index in [-0.39, 0.29) is 11.6 Å². The van der Waals surface area contributed by atoms with E-state index in [2.05, 4.69) is 4.98 Å². The van der Waals surface area contributed by atoms with E-state index in [1.807, 2.05) is 13.0 Å². The van der Waals surface area contributed by atoms with Gasteiger partial charge in [-0.05, 0) is 49.7 Å². The van der Waals surface area contributed by atoms with Gasteiger partial charge in [0.05, 0.1) is 0 Å². The van der Waals surface area contributed by atoms with E-state index < -0.39 is 0 Å². The van der Waals surface area contributed by atoms with Crippen LogP contribution in [-0.4, -0.2) is 10.8 Å².